The lowest BCUT2D eigenvalue weighted by molar-refractivity contribution is 1.11. The van der Waals surface area contributed by atoms with Crippen molar-refractivity contribution in [2.75, 3.05) is 0 Å². The molecule has 1 N–H and O–H groups in total. The largest absolute Gasteiger partial charge is 0.361 e. The highest BCUT2D eigenvalue weighted by atomic mass is 14.7. The van der Waals surface area contributed by atoms with E-state index in [1.165, 1.54) is 27.6 Å². The van der Waals surface area contributed by atoms with E-state index in [1.807, 2.05) is 6.20 Å². The predicted octanol–water partition coefficient (Wildman–Crippen LogP) is 3.35. The zero-order valence-corrected chi connectivity index (χ0v) is 8.44. The molecule has 1 aromatic carbocycles. The van der Waals surface area contributed by atoms with Gasteiger partial charge in [0.15, 0.2) is 0 Å². The highest BCUT2D eigenvalue weighted by molar-refractivity contribution is 5.86. The molecule has 0 radical (unpaired) electrons. The fourth-order valence-corrected chi connectivity index (χ4v) is 1.99. The Balaban J connectivity index is 2.85. The monoisotopic (exact) mass is 173 g/mol. The van der Waals surface area contributed by atoms with Crippen LogP contribution in [0, 0.1) is 13.8 Å². The van der Waals surface area contributed by atoms with Gasteiger partial charge < -0.3 is 4.98 Å². The molecule has 0 aliphatic heterocycles. The van der Waals surface area contributed by atoms with E-state index in [0.717, 1.165) is 6.42 Å². The van der Waals surface area contributed by atoms with E-state index in [0.29, 0.717) is 0 Å². The van der Waals surface area contributed by atoms with Crippen LogP contribution in [0.15, 0.2) is 18.3 Å². The number of aryl methyl sites for hydroxylation is 3. The van der Waals surface area contributed by atoms with Crippen molar-refractivity contribution >= 4 is 10.9 Å². The molecular formula is C12H15N. The molecule has 0 unspecified atom stereocenters. The summed E-state index contributed by atoms with van der Waals surface area (Å²) in [7, 11) is 0. The Hall–Kier alpha value is -1.24. The van der Waals surface area contributed by atoms with Crippen LogP contribution in [-0.2, 0) is 6.42 Å². The molecule has 0 fully saturated rings. The Kier molecular flexibility index (Phi) is 1.87. The molecule has 1 aromatic heterocycles. The molecule has 0 saturated carbocycles. The molecule has 0 saturated heterocycles. The van der Waals surface area contributed by atoms with Crippen molar-refractivity contribution in [2.45, 2.75) is 27.2 Å². The lowest BCUT2D eigenvalue weighted by Crippen LogP contribution is -1.89. The normalized spacial score (nSPS) is 11.0. The molecule has 1 heteroatoms. The highest BCUT2D eigenvalue weighted by Crippen LogP contribution is 2.24. The number of rotatable bonds is 1. The van der Waals surface area contributed by atoms with Gasteiger partial charge in [-0.15, -0.1) is 0 Å². The SMILES string of the molecule is CCc1cc(C)c2[nH]ccc2c1C. The molecule has 2 aromatic rings. The van der Waals surface area contributed by atoms with Crippen molar-refractivity contribution < 1.29 is 0 Å². The van der Waals surface area contributed by atoms with Gasteiger partial charge in [-0.25, -0.2) is 0 Å². The van der Waals surface area contributed by atoms with Crippen molar-refractivity contribution in [3.05, 3.63) is 35.0 Å². The first-order chi connectivity index (χ1) is 6.24. The summed E-state index contributed by atoms with van der Waals surface area (Å²) in [6.07, 6.45) is 3.14. The van der Waals surface area contributed by atoms with E-state index in [4.69, 9.17) is 0 Å². The summed E-state index contributed by atoms with van der Waals surface area (Å²) in [5, 5.41) is 1.37. The molecule has 68 valence electrons. The van der Waals surface area contributed by atoms with Gasteiger partial charge in [-0.3, -0.25) is 0 Å². The van der Waals surface area contributed by atoms with Gasteiger partial charge in [-0.2, -0.15) is 0 Å². The Morgan fingerprint density at radius 3 is 2.77 bits per heavy atom. The fourth-order valence-electron chi connectivity index (χ4n) is 1.99. The maximum absolute atomic E-state index is 3.28. The van der Waals surface area contributed by atoms with Crippen molar-refractivity contribution in [1.29, 1.82) is 0 Å². The van der Waals surface area contributed by atoms with Crippen molar-refractivity contribution in [2.24, 2.45) is 0 Å². The molecule has 2 rings (SSSR count). The van der Waals surface area contributed by atoms with Crippen LogP contribution in [0.1, 0.15) is 23.6 Å². The van der Waals surface area contributed by atoms with Gasteiger partial charge in [-0.05, 0) is 43.0 Å². The first-order valence-electron chi connectivity index (χ1n) is 4.80. The Morgan fingerprint density at radius 1 is 1.31 bits per heavy atom. The number of hydrogen-bond acceptors (Lipinski definition) is 0. The van der Waals surface area contributed by atoms with Crippen LogP contribution in [0.3, 0.4) is 0 Å². The van der Waals surface area contributed by atoms with Crippen LogP contribution in [0.5, 0.6) is 0 Å². The van der Waals surface area contributed by atoms with Crippen molar-refractivity contribution in [3.63, 3.8) is 0 Å². The minimum absolute atomic E-state index is 1.12. The number of fused-ring (bicyclic) bond motifs is 1. The van der Waals surface area contributed by atoms with E-state index >= 15 is 0 Å². The number of aromatic nitrogens is 1. The standard InChI is InChI=1S/C12H15N/c1-4-10-7-8(2)12-11(9(10)3)5-6-13-12/h5-7,13H,4H2,1-3H3. The third kappa shape index (κ3) is 1.15. The number of benzene rings is 1. The van der Waals surface area contributed by atoms with Gasteiger partial charge in [0, 0.05) is 17.1 Å². The maximum atomic E-state index is 3.28. The van der Waals surface area contributed by atoms with Gasteiger partial charge in [0.1, 0.15) is 0 Å². The fraction of sp³-hybridized carbons (Fsp3) is 0.333. The summed E-state index contributed by atoms with van der Waals surface area (Å²) in [5.41, 5.74) is 5.52. The minimum atomic E-state index is 1.12. The molecule has 1 nitrogen and oxygen atoms in total. The summed E-state index contributed by atoms with van der Waals surface area (Å²) < 4.78 is 0. The van der Waals surface area contributed by atoms with E-state index in [-0.39, 0.29) is 0 Å². The van der Waals surface area contributed by atoms with Crippen LogP contribution in [0.2, 0.25) is 0 Å². The summed E-state index contributed by atoms with van der Waals surface area (Å²) in [5.74, 6) is 0. The van der Waals surface area contributed by atoms with E-state index in [9.17, 15) is 0 Å². The van der Waals surface area contributed by atoms with Crippen LogP contribution >= 0.6 is 0 Å². The average Bonchev–Trinajstić information content (AvgIpc) is 2.60. The summed E-state index contributed by atoms with van der Waals surface area (Å²) in [6.45, 7) is 6.58. The first kappa shape index (κ1) is 8.36. The van der Waals surface area contributed by atoms with Gasteiger partial charge in [0.05, 0.1) is 0 Å². The van der Waals surface area contributed by atoms with E-state index in [2.05, 4.69) is 37.9 Å². The Morgan fingerprint density at radius 2 is 2.08 bits per heavy atom. The van der Waals surface area contributed by atoms with Crippen LogP contribution < -0.4 is 0 Å². The molecule has 0 aliphatic carbocycles. The smallest absolute Gasteiger partial charge is 0.0486 e. The van der Waals surface area contributed by atoms with Crippen LogP contribution in [-0.4, -0.2) is 4.98 Å². The lowest BCUT2D eigenvalue weighted by Gasteiger charge is -2.06. The zero-order chi connectivity index (χ0) is 9.42. The molecule has 0 amide bonds. The van der Waals surface area contributed by atoms with Gasteiger partial charge in [0.25, 0.3) is 0 Å². The van der Waals surface area contributed by atoms with Crippen molar-refractivity contribution in [3.8, 4) is 0 Å². The molecular weight excluding hydrogens is 158 g/mol. The molecule has 0 atom stereocenters. The lowest BCUT2D eigenvalue weighted by atomic mass is 9.99. The quantitative estimate of drug-likeness (QED) is 0.680. The van der Waals surface area contributed by atoms with Crippen LogP contribution in [0.25, 0.3) is 10.9 Å². The Labute approximate surface area is 78.8 Å². The van der Waals surface area contributed by atoms with E-state index < -0.39 is 0 Å². The highest BCUT2D eigenvalue weighted by Gasteiger charge is 2.05. The predicted molar refractivity (Wildman–Crippen MR) is 57.2 cm³/mol. The van der Waals surface area contributed by atoms with Gasteiger partial charge in [-0.1, -0.05) is 13.0 Å². The number of H-pyrrole nitrogens is 1. The molecule has 0 spiro atoms. The molecule has 13 heavy (non-hydrogen) atoms. The first-order valence-corrected chi connectivity index (χ1v) is 4.80. The van der Waals surface area contributed by atoms with Crippen LogP contribution in [0.4, 0.5) is 0 Å². The van der Waals surface area contributed by atoms with Crippen molar-refractivity contribution in [1.82, 2.24) is 4.98 Å². The summed E-state index contributed by atoms with van der Waals surface area (Å²) >= 11 is 0. The minimum Gasteiger partial charge on any atom is -0.361 e. The maximum Gasteiger partial charge on any atom is 0.0486 e. The van der Waals surface area contributed by atoms with E-state index in [1.54, 1.807) is 0 Å². The molecule has 0 aliphatic rings. The zero-order valence-electron chi connectivity index (χ0n) is 8.44. The summed E-state index contributed by atoms with van der Waals surface area (Å²) in [4.78, 5) is 3.28. The molecule has 0 bridgehead atoms. The number of nitrogens with one attached hydrogen (secondary N) is 1. The van der Waals surface area contributed by atoms with Gasteiger partial charge in [0.2, 0.25) is 0 Å². The summed E-state index contributed by atoms with van der Waals surface area (Å²) in [6, 6.07) is 4.45. The second kappa shape index (κ2) is 2.91. The third-order valence-corrected chi connectivity index (χ3v) is 2.80. The second-order valence-electron chi connectivity index (χ2n) is 3.60. The number of hydrogen-bond donors (Lipinski definition) is 1. The molecule has 1 heterocycles. The van der Waals surface area contributed by atoms with Gasteiger partial charge >= 0.3 is 0 Å². The third-order valence-electron chi connectivity index (χ3n) is 2.80. The average molecular weight is 173 g/mol. The Bertz CT molecular complexity index is 438. The number of aromatic amines is 1. The topological polar surface area (TPSA) is 15.8 Å². The second-order valence-corrected chi connectivity index (χ2v) is 3.60.